The lowest BCUT2D eigenvalue weighted by atomic mass is 9.84. The summed E-state index contributed by atoms with van der Waals surface area (Å²) in [5.41, 5.74) is 5.52. The van der Waals surface area contributed by atoms with Gasteiger partial charge in [-0.3, -0.25) is 9.59 Å². The van der Waals surface area contributed by atoms with E-state index in [1.165, 1.54) is 0 Å². The summed E-state index contributed by atoms with van der Waals surface area (Å²) in [7, 11) is 0. The van der Waals surface area contributed by atoms with E-state index in [9.17, 15) is 9.59 Å². The minimum absolute atomic E-state index is 0.0592. The van der Waals surface area contributed by atoms with Crippen molar-refractivity contribution in [3.05, 3.63) is 0 Å². The van der Waals surface area contributed by atoms with Crippen molar-refractivity contribution in [3.63, 3.8) is 0 Å². The van der Waals surface area contributed by atoms with Crippen LogP contribution in [0.15, 0.2) is 0 Å². The number of carbonyl (C=O) groups excluding carboxylic acids is 2. The van der Waals surface area contributed by atoms with Gasteiger partial charge in [0.05, 0.1) is 5.41 Å². The summed E-state index contributed by atoms with van der Waals surface area (Å²) in [6.07, 6.45) is 5.36. The van der Waals surface area contributed by atoms with Gasteiger partial charge in [-0.1, -0.05) is 6.42 Å². The van der Waals surface area contributed by atoms with Crippen LogP contribution in [-0.4, -0.2) is 30.4 Å². The molecule has 1 heterocycles. The molecule has 18 heavy (non-hydrogen) atoms. The Labute approximate surface area is 108 Å². The van der Waals surface area contributed by atoms with Gasteiger partial charge in [0.25, 0.3) is 0 Å². The Bertz CT molecular complexity index is 345. The quantitative estimate of drug-likeness (QED) is 0.661. The maximum absolute atomic E-state index is 12.3. The Morgan fingerprint density at radius 1 is 1.39 bits per heavy atom. The molecule has 3 atom stereocenters. The van der Waals surface area contributed by atoms with Gasteiger partial charge in [-0.15, -0.1) is 0 Å². The summed E-state index contributed by atoms with van der Waals surface area (Å²) >= 11 is 0. The third-order valence-electron chi connectivity index (χ3n) is 4.39. The van der Waals surface area contributed by atoms with E-state index >= 15 is 0 Å². The fraction of sp³-hybridized carbons (Fsp3) is 0.846. The highest BCUT2D eigenvalue weighted by Gasteiger charge is 2.44. The SMILES string of the molecule is CC1(C(=O)NC2CCCCNC2=O)CCCC1N. The van der Waals surface area contributed by atoms with Crippen molar-refractivity contribution in [1.29, 1.82) is 0 Å². The zero-order valence-corrected chi connectivity index (χ0v) is 11.0. The molecule has 1 saturated heterocycles. The monoisotopic (exact) mass is 253 g/mol. The van der Waals surface area contributed by atoms with E-state index in [0.717, 1.165) is 38.5 Å². The first-order chi connectivity index (χ1) is 8.54. The molecule has 5 heteroatoms. The molecular weight excluding hydrogens is 230 g/mol. The van der Waals surface area contributed by atoms with Crippen molar-refractivity contribution in [3.8, 4) is 0 Å². The summed E-state index contributed by atoms with van der Waals surface area (Å²) in [6, 6.07) is -0.476. The van der Waals surface area contributed by atoms with Gasteiger partial charge < -0.3 is 16.4 Å². The van der Waals surface area contributed by atoms with Gasteiger partial charge in [-0.2, -0.15) is 0 Å². The van der Waals surface area contributed by atoms with Crippen molar-refractivity contribution in [2.24, 2.45) is 11.1 Å². The van der Waals surface area contributed by atoms with Crippen LogP contribution < -0.4 is 16.4 Å². The molecule has 0 aromatic heterocycles. The number of hydrogen-bond acceptors (Lipinski definition) is 3. The Morgan fingerprint density at radius 2 is 2.17 bits per heavy atom. The van der Waals surface area contributed by atoms with E-state index in [2.05, 4.69) is 10.6 Å². The fourth-order valence-electron chi connectivity index (χ4n) is 2.88. The zero-order valence-electron chi connectivity index (χ0n) is 11.0. The predicted molar refractivity (Wildman–Crippen MR) is 68.7 cm³/mol. The third kappa shape index (κ3) is 2.51. The highest BCUT2D eigenvalue weighted by molar-refractivity contribution is 5.90. The zero-order chi connectivity index (χ0) is 13.2. The highest BCUT2D eigenvalue weighted by atomic mass is 16.2. The number of nitrogens with two attached hydrogens (primary N) is 1. The van der Waals surface area contributed by atoms with E-state index < -0.39 is 5.41 Å². The maximum Gasteiger partial charge on any atom is 0.242 e. The van der Waals surface area contributed by atoms with Crippen LogP contribution in [0.4, 0.5) is 0 Å². The average molecular weight is 253 g/mol. The first-order valence-corrected chi connectivity index (χ1v) is 6.88. The van der Waals surface area contributed by atoms with E-state index in [0.29, 0.717) is 6.54 Å². The van der Waals surface area contributed by atoms with Crippen molar-refractivity contribution in [1.82, 2.24) is 10.6 Å². The molecule has 0 aromatic carbocycles. The second-order valence-corrected chi connectivity index (χ2v) is 5.73. The lowest BCUT2D eigenvalue weighted by Crippen LogP contribution is -2.53. The molecule has 5 nitrogen and oxygen atoms in total. The molecule has 2 amide bonds. The third-order valence-corrected chi connectivity index (χ3v) is 4.39. The van der Waals surface area contributed by atoms with Crippen LogP contribution in [0.25, 0.3) is 0 Å². The van der Waals surface area contributed by atoms with Gasteiger partial charge >= 0.3 is 0 Å². The van der Waals surface area contributed by atoms with Crippen LogP contribution in [0.1, 0.15) is 45.4 Å². The molecule has 0 spiro atoms. The lowest BCUT2D eigenvalue weighted by Gasteiger charge is -2.29. The van der Waals surface area contributed by atoms with Crippen LogP contribution in [0.5, 0.6) is 0 Å². The number of amides is 2. The molecule has 102 valence electrons. The lowest BCUT2D eigenvalue weighted by molar-refractivity contribution is -0.135. The van der Waals surface area contributed by atoms with Gasteiger partial charge in [-0.05, 0) is 39.0 Å². The second kappa shape index (κ2) is 5.26. The molecule has 1 aliphatic heterocycles. The molecule has 2 rings (SSSR count). The number of nitrogens with one attached hydrogen (secondary N) is 2. The topological polar surface area (TPSA) is 84.2 Å². The van der Waals surface area contributed by atoms with E-state index in [4.69, 9.17) is 5.73 Å². The molecule has 0 bridgehead atoms. The molecule has 2 fully saturated rings. The molecule has 1 aliphatic carbocycles. The second-order valence-electron chi connectivity index (χ2n) is 5.73. The van der Waals surface area contributed by atoms with E-state index in [-0.39, 0.29) is 23.9 Å². The largest absolute Gasteiger partial charge is 0.354 e. The highest BCUT2D eigenvalue weighted by Crippen LogP contribution is 2.37. The summed E-state index contributed by atoms with van der Waals surface area (Å²) in [5.74, 6) is -0.120. The summed E-state index contributed by atoms with van der Waals surface area (Å²) in [6.45, 7) is 2.62. The molecule has 0 aromatic rings. The predicted octanol–water partition coefficient (Wildman–Crippen LogP) is 0.289. The van der Waals surface area contributed by atoms with Crippen molar-refractivity contribution in [2.45, 2.75) is 57.5 Å². The normalized spacial score (nSPS) is 36.9. The molecule has 0 radical (unpaired) electrons. The van der Waals surface area contributed by atoms with E-state index in [1.807, 2.05) is 6.92 Å². The van der Waals surface area contributed by atoms with Crippen LogP contribution >= 0.6 is 0 Å². The van der Waals surface area contributed by atoms with Crippen molar-refractivity contribution in [2.75, 3.05) is 6.54 Å². The van der Waals surface area contributed by atoms with Gasteiger partial charge in [0.2, 0.25) is 11.8 Å². The minimum Gasteiger partial charge on any atom is -0.354 e. The van der Waals surface area contributed by atoms with Crippen LogP contribution in [0.2, 0.25) is 0 Å². The Kier molecular flexibility index (Phi) is 3.90. The standard InChI is InChI=1S/C13H23N3O2/c1-13(7-4-6-10(13)14)12(18)16-9-5-2-3-8-15-11(9)17/h9-10H,2-8,14H2,1H3,(H,15,17)(H,16,18). The van der Waals surface area contributed by atoms with E-state index in [1.54, 1.807) is 0 Å². The molecule has 2 aliphatic rings. The fourth-order valence-corrected chi connectivity index (χ4v) is 2.88. The Balaban J connectivity index is 1.99. The molecule has 3 unspecified atom stereocenters. The first kappa shape index (κ1) is 13.3. The molecular formula is C13H23N3O2. The molecule has 1 saturated carbocycles. The van der Waals surface area contributed by atoms with Crippen molar-refractivity contribution >= 4 is 11.8 Å². The average Bonchev–Trinajstić information content (AvgIpc) is 2.56. The van der Waals surface area contributed by atoms with Crippen molar-refractivity contribution < 1.29 is 9.59 Å². The number of rotatable bonds is 2. The van der Waals surface area contributed by atoms with Crippen LogP contribution in [0, 0.1) is 5.41 Å². The van der Waals surface area contributed by atoms with Gasteiger partial charge in [-0.25, -0.2) is 0 Å². The Hall–Kier alpha value is -1.10. The first-order valence-electron chi connectivity index (χ1n) is 6.88. The summed E-state index contributed by atoms with van der Waals surface area (Å²) < 4.78 is 0. The maximum atomic E-state index is 12.3. The Morgan fingerprint density at radius 3 is 2.83 bits per heavy atom. The summed E-state index contributed by atoms with van der Waals surface area (Å²) in [5, 5.41) is 5.72. The van der Waals surface area contributed by atoms with Crippen LogP contribution in [-0.2, 0) is 9.59 Å². The number of hydrogen-bond donors (Lipinski definition) is 3. The minimum atomic E-state index is -0.507. The van der Waals surface area contributed by atoms with Gasteiger partial charge in [0.1, 0.15) is 6.04 Å². The van der Waals surface area contributed by atoms with Gasteiger partial charge in [0, 0.05) is 12.6 Å². The summed E-state index contributed by atoms with van der Waals surface area (Å²) in [4.78, 5) is 24.1. The van der Waals surface area contributed by atoms with Crippen LogP contribution in [0.3, 0.4) is 0 Å². The van der Waals surface area contributed by atoms with Gasteiger partial charge in [0.15, 0.2) is 0 Å². The molecule has 4 N–H and O–H groups in total. The smallest absolute Gasteiger partial charge is 0.242 e. The number of carbonyl (C=O) groups is 2.